The van der Waals surface area contributed by atoms with Gasteiger partial charge in [-0.2, -0.15) is 0 Å². The first-order valence-corrected chi connectivity index (χ1v) is 12.4. The van der Waals surface area contributed by atoms with Crippen LogP contribution < -0.4 is 0 Å². The predicted molar refractivity (Wildman–Crippen MR) is 123 cm³/mol. The second-order valence-electron chi connectivity index (χ2n) is 12.2. The number of ether oxygens (including phenoxy) is 2. The maximum absolute atomic E-state index is 12.1. The van der Waals surface area contributed by atoms with Crippen LogP contribution >= 0.6 is 0 Å². The lowest BCUT2D eigenvalue weighted by Crippen LogP contribution is -2.67. The van der Waals surface area contributed by atoms with Crippen molar-refractivity contribution in [1.82, 2.24) is 0 Å². The number of aliphatic hydroxyl groups excluding tert-OH is 1. The lowest BCUT2D eigenvalue weighted by Gasteiger charge is -2.61. The van der Waals surface area contributed by atoms with Gasteiger partial charge in [0, 0.05) is 29.1 Å². The van der Waals surface area contributed by atoms with Crippen molar-refractivity contribution >= 4 is 5.78 Å². The Morgan fingerprint density at radius 2 is 1.72 bits per heavy atom. The van der Waals surface area contributed by atoms with E-state index in [1.807, 2.05) is 6.08 Å². The Morgan fingerprint density at radius 3 is 2.41 bits per heavy atom. The fourth-order valence-electron chi connectivity index (χ4n) is 8.17. The lowest BCUT2D eigenvalue weighted by molar-refractivity contribution is -0.369. The molecule has 0 aromatic heterocycles. The first-order chi connectivity index (χ1) is 14.9. The minimum Gasteiger partial charge on any atom is -0.387 e. The zero-order valence-corrected chi connectivity index (χ0v) is 20.2. The molecule has 6 rings (SSSR count). The number of carbonyl (C=O) groups is 1. The molecule has 1 spiro atoms. The van der Waals surface area contributed by atoms with Gasteiger partial charge in [-0.25, -0.2) is 0 Å². The molecular weight excluding hydrogens is 400 g/mol. The fraction of sp³-hybridized carbons (Fsp3) is 0.679. The van der Waals surface area contributed by atoms with Gasteiger partial charge in [-0.3, -0.25) is 4.79 Å². The molecule has 0 aromatic carbocycles. The zero-order valence-electron chi connectivity index (χ0n) is 20.2. The number of hydrogen-bond acceptors (Lipinski definition) is 4. The van der Waals surface area contributed by atoms with E-state index in [1.165, 1.54) is 11.1 Å². The van der Waals surface area contributed by atoms with E-state index in [-0.39, 0.29) is 28.4 Å². The Balaban J connectivity index is 1.54. The van der Waals surface area contributed by atoms with E-state index >= 15 is 0 Å². The predicted octanol–water partition coefficient (Wildman–Crippen LogP) is 5.04. The molecule has 4 heteroatoms. The first kappa shape index (κ1) is 21.1. The molecule has 4 nitrogen and oxygen atoms in total. The molecule has 0 amide bonds. The van der Waals surface area contributed by atoms with Gasteiger partial charge >= 0.3 is 0 Å². The van der Waals surface area contributed by atoms with Crippen LogP contribution in [0.25, 0.3) is 0 Å². The van der Waals surface area contributed by atoms with Crippen LogP contribution in [0.1, 0.15) is 67.2 Å². The highest BCUT2D eigenvalue weighted by Crippen LogP contribution is 2.71. The maximum atomic E-state index is 12.1. The van der Waals surface area contributed by atoms with E-state index in [0.717, 1.165) is 24.8 Å². The van der Waals surface area contributed by atoms with Crippen molar-refractivity contribution in [3.8, 4) is 0 Å². The molecule has 2 bridgehead atoms. The molecule has 4 aliphatic carbocycles. The highest BCUT2D eigenvalue weighted by atomic mass is 16.7. The molecular formula is C28H36O4. The summed E-state index contributed by atoms with van der Waals surface area (Å²) in [5.74, 6) is -0.352. The van der Waals surface area contributed by atoms with E-state index in [2.05, 4.69) is 65.8 Å². The van der Waals surface area contributed by atoms with Gasteiger partial charge in [0.25, 0.3) is 0 Å². The lowest BCUT2D eigenvalue weighted by atomic mass is 9.53. The summed E-state index contributed by atoms with van der Waals surface area (Å²) in [6.07, 6.45) is 13.6. The van der Waals surface area contributed by atoms with Gasteiger partial charge in [0.15, 0.2) is 11.6 Å². The number of ketones is 1. The van der Waals surface area contributed by atoms with Crippen molar-refractivity contribution < 1.29 is 19.4 Å². The highest BCUT2D eigenvalue weighted by Gasteiger charge is 2.75. The summed E-state index contributed by atoms with van der Waals surface area (Å²) < 4.78 is 14.0. The highest BCUT2D eigenvalue weighted by molar-refractivity contribution is 5.93. The largest absolute Gasteiger partial charge is 0.387 e. The SMILES string of the molecule is C[C@H]1[C@@H](O)[C@@]2(OC1(C)C)O[C@]13CC[C@H]([C@@H]2C)[C@@]1(C)C=CC1=C3C=CC2=CC(=O)CC[C@@]21C. The summed E-state index contributed by atoms with van der Waals surface area (Å²) >= 11 is 0. The van der Waals surface area contributed by atoms with Crippen LogP contribution in [0.4, 0.5) is 0 Å². The maximum Gasteiger partial charge on any atom is 0.199 e. The average Bonchev–Trinajstić information content (AvgIpc) is 3.06. The van der Waals surface area contributed by atoms with Crippen LogP contribution in [0.3, 0.4) is 0 Å². The topological polar surface area (TPSA) is 55.8 Å². The molecule has 2 saturated heterocycles. The monoisotopic (exact) mass is 436 g/mol. The van der Waals surface area contributed by atoms with Crippen LogP contribution in [0.5, 0.6) is 0 Å². The van der Waals surface area contributed by atoms with Crippen LogP contribution in [0, 0.1) is 28.6 Å². The van der Waals surface area contributed by atoms with Crippen LogP contribution in [0.15, 0.2) is 47.1 Å². The van der Waals surface area contributed by atoms with E-state index < -0.39 is 23.1 Å². The Bertz CT molecular complexity index is 1050. The molecule has 6 aliphatic rings. The molecule has 32 heavy (non-hydrogen) atoms. The summed E-state index contributed by atoms with van der Waals surface area (Å²) in [7, 11) is 0. The quantitative estimate of drug-likeness (QED) is 0.578. The Morgan fingerprint density at radius 1 is 0.969 bits per heavy atom. The van der Waals surface area contributed by atoms with Crippen molar-refractivity contribution in [2.24, 2.45) is 28.6 Å². The standard InChI is InChI=1S/C28H36O4/c1-16-20-11-14-27(32-28(16)23(30)17(2)24(3,4)31-28)22-8-7-18-15-19(29)9-12-25(18,5)21(22)10-13-26(20,27)6/h7-8,10,13,15-17,20,23,30H,9,11-12,14H2,1-6H3/t16-,17-,20+,23+,25-,26+,27-,28-/m0/s1. The summed E-state index contributed by atoms with van der Waals surface area (Å²) in [5, 5.41) is 11.5. The average molecular weight is 437 g/mol. The van der Waals surface area contributed by atoms with Crippen molar-refractivity contribution in [2.45, 2.75) is 90.3 Å². The Kier molecular flexibility index (Phi) is 3.92. The van der Waals surface area contributed by atoms with Crippen molar-refractivity contribution in [1.29, 1.82) is 0 Å². The van der Waals surface area contributed by atoms with Crippen molar-refractivity contribution in [3.63, 3.8) is 0 Å². The minimum absolute atomic E-state index is 0.0176. The van der Waals surface area contributed by atoms with Gasteiger partial charge in [0.05, 0.1) is 5.60 Å². The smallest absolute Gasteiger partial charge is 0.199 e. The van der Waals surface area contributed by atoms with Gasteiger partial charge < -0.3 is 14.6 Å². The van der Waals surface area contributed by atoms with E-state index in [0.29, 0.717) is 12.3 Å². The number of fused-ring (bicyclic) bond motifs is 2. The molecule has 2 aliphatic heterocycles. The third kappa shape index (κ3) is 2.14. The molecule has 8 atom stereocenters. The normalized spacial score (nSPS) is 52.7. The molecule has 1 saturated carbocycles. The molecule has 172 valence electrons. The molecule has 0 unspecified atom stereocenters. The summed E-state index contributed by atoms with van der Waals surface area (Å²) in [5.41, 5.74) is 2.32. The third-order valence-electron chi connectivity index (χ3n) is 10.6. The molecule has 2 heterocycles. The number of carbonyl (C=O) groups excluding carboxylic acids is 1. The van der Waals surface area contributed by atoms with E-state index in [4.69, 9.17) is 9.47 Å². The Labute approximate surface area is 191 Å². The van der Waals surface area contributed by atoms with Gasteiger partial charge in [-0.15, -0.1) is 0 Å². The fourth-order valence-corrected chi connectivity index (χ4v) is 8.17. The third-order valence-corrected chi connectivity index (χ3v) is 10.6. The minimum atomic E-state index is -1.000. The molecule has 0 aromatic rings. The van der Waals surface area contributed by atoms with Crippen LogP contribution in [-0.2, 0) is 14.3 Å². The number of allylic oxidation sites excluding steroid dienone is 5. The van der Waals surface area contributed by atoms with Crippen molar-refractivity contribution in [3.05, 3.63) is 47.1 Å². The first-order valence-electron chi connectivity index (χ1n) is 12.4. The number of rotatable bonds is 0. The number of hydrogen-bond donors (Lipinski definition) is 1. The van der Waals surface area contributed by atoms with Gasteiger partial charge in [0.2, 0.25) is 0 Å². The molecule has 0 radical (unpaired) electrons. The van der Waals surface area contributed by atoms with Crippen LogP contribution in [-0.4, -0.2) is 34.0 Å². The summed E-state index contributed by atoms with van der Waals surface area (Å²) in [4.78, 5) is 12.1. The Hall–Kier alpha value is -1.49. The second-order valence-corrected chi connectivity index (χ2v) is 12.2. The summed E-state index contributed by atoms with van der Waals surface area (Å²) in [6, 6.07) is 0. The summed E-state index contributed by atoms with van der Waals surface area (Å²) in [6.45, 7) is 13.0. The van der Waals surface area contributed by atoms with Gasteiger partial charge in [-0.05, 0) is 61.8 Å². The second kappa shape index (κ2) is 5.95. The van der Waals surface area contributed by atoms with E-state index in [9.17, 15) is 9.90 Å². The van der Waals surface area contributed by atoms with E-state index in [1.54, 1.807) is 0 Å². The van der Waals surface area contributed by atoms with Crippen molar-refractivity contribution in [2.75, 3.05) is 0 Å². The van der Waals surface area contributed by atoms with Crippen LogP contribution in [0.2, 0.25) is 0 Å². The molecule has 1 N–H and O–H groups in total. The zero-order chi connectivity index (χ0) is 22.9. The van der Waals surface area contributed by atoms with Gasteiger partial charge in [-0.1, -0.05) is 52.0 Å². The van der Waals surface area contributed by atoms with Gasteiger partial charge in [0.1, 0.15) is 11.7 Å². The molecule has 3 fully saturated rings. The number of aliphatic hydroxyl groups is 1.